The minimum absolute atomic E-state index is 0.00845. The number of rotatable bonds is 4. The van der Waals surface area contributed by atoms with Gasteiger partial charge in [0.05, 0.1) is 12.7 Å². The molecular weight excluding hydrogens is 384 g/mol. The summed E-state index contributed by atoms with van der Waals surface area (Å²) in [6.45, 7) is 0.683. The third-order valence-electron chi connectivity index (χ3n) is 4.96. The first-order valence-electron chi connectivity index (χ1n) is 9.15. The quantitative estimate of drug-likeness (QED) is 0.835. The van der Waals surface area contributed by atoms with Crippen molar-refractivity contribution in [2.45, 2.75) is 38.4 Å². The third-order valence-corrected chi connectivity index (χ3v) is 4.96. The topological polar surface area (TPSA) is 97.9 Å². The summed E-state index contributed by atoms with van der Waals surface area (Å²) in [5, 5.41) is 10.9. The van der Waals surface area contributed by atoms with Crippen molar-refractivity contribution >= 4 is 17.6 Å². The van der Waals surface area contributed by atoms with Gasteiger partial charge in [-0.3, -0.25) is 14.5 Å². The summed E-state index contributed by atoms with van der Waals surface area (Å²) in [5.74, 6) is -1.90. The summed E-state index contributed by atoms with van der Waals surface area (Å²) in [5.41, 5.74) is 0.649. The second-order valence-electron chi connectivity index (χ2n) is 6.95. The number of allylic oxidation sites excluding steroid dienone is 4. The Morgan fingerprint density at radius 3 is 2.97 bits per heavy atom. The van der Waals surface area contributed by atoms with Crippen LogP contribution < -0.4 is 10.2 Å². The smallest absolute Gasteiger partial charge is 0.291 e. The number of likely N-dealkylation sites (N-methyl/N-ethyl adjacent to an activating group) is 1. The van der Waals surface area contributed by atoms with Crippen molar-refractivity contribution < 1.29 is 18.4 Å². The molecule has 0 bridgehead atoms. The van der Waals surface area contributed by atoms with E-state index < -0.39 is 23.6 Å². The molecule has 1 aliphatic heterocycles. The summed E-state index contributed by atoms with van der Waals surface area (Å²) in [7, 11) is 1.63. The highest BCUT2D eigenvalue weighted by Crippen LogP contribution is 2.26. The molecule has 2 amide bonds. The average Bonchev–Trinajstić information content (AvgIpc) is 3.34. The molecule has 1 aliphatic carbocycles. The van der Waals surface area contributed by atoms with E-state index in [1.165, 1.54) is 15.9 Å². The number of carbonyl (C=O) groups is 2. The molecule has 0 spiro atoms. The maximum atomic E-state index is 13.4. The lowest BCUT2D eigenvalue weighted by atomic mass is 10.0. The molecule has 1 atom stereocenters. The average molecular weight is 403 g/mol. The van der Waals surface area contributed by atoms with E-state index in [1.54, 1.807) is 24.0 Å². The van der Waals surface area contributed by atoms with Crippen LogP contribution in [0.2, 0.25) is 0 Å². The van der Waals surface area contributed by atoms with Crippen molar-refractivity contribution in [3.05, 3.63) is 47.7 Å². The van der Waals surface area contributed by atoms with E-state index in [0.29, 0.717) is 30.8 Å². The SMILES string of the molecule is CN1C(=O)[C@@H](NC(=O)c2ncn(CC3=CC(F)=C(F)CC3)n2)CCn2nccc21. The molecule has 2 aliphatic rings. The molecule has 0 fully saturated rings. The number of halogens is 2. The van der Waals surface area contributed by atoms with Crippen molar-refractivity contribution in [3.63, 3.8) is 0 Å². The van der Waals surface area contributed by atoms with Crippen LogP contribution in [-0.2, 0) is 17.9 Å². The fourth-order valence-electron chi connectivity index (χ4n) is 3.39. The maximum Gasteiger partial charge on any atom is 0.291 e. The molecule has 11 heteroatoms. The Morgan fingerprint density at radius 1 is 1.34 bits per heavy atom. The number of hydrogen-bond acceptors (Lipinski definition) is 5. The third kappa shape index (κ3) is 3.80. The first-order chi connectivity index (χ1) is 13.9. The monoisotopic (exact) mass is 403 g/mol. The number of hydrogen-bond donors (Lipinski definition) is 1. The lowest BCUT2D eigenvalue weighted by Crippen LogP contribution is -2.47. The fraction of sp³-hybridized carbons (Fsp3) is 0.389. The molecule has 3 heterocycles. The highest BCUT2D eigenvalue weighted by Gasteiger charge is 2.30. The zero-order chi connectivity index (χ0) is 20.5. The molecule has 2 aromatic heterocycles. The summed E-state index contributed by atoms with van der Waals surface area (Å²) in [6, 6.07) is 0.999. The van der Waals surface area contributed by atoms with E-state index in [9.17, 15) is 18.4 Å². The Labute approximate surface area is 164 Å². The molecule has 4 rings (SSSR count). The van der Waals surface area contributed by atoms with Crippen LogP contribution >= 0.6 is 0 Å². The minimum atomic E-state index is -0.875. The van der Waals surface area contributed by atoms with Gasteiger partial charge in [0.15, 0.2) is 5.83 Å². The van der Waals surface area contributed by atoms with Crippen molar-refractivity contribution in [1.29, 1.82) is 0 Å². The maximum absolute atomic E-state index is 13.4. The van der Waals surface area contributed by atoms with Crippen LogP contribution in [0.3, 0.4) is 0 Å². The van der Waals surface area contributed by atoms with Crippen LogP contribution in [-0.4, -0.2) is 49.4 Å². The van der Waals surface area contributed by atoms with E-state index in [4.69, 9.17) is 0 Å². The van der Waals surface area contributed by atoms with Crippen molar-refractivity contribution in [3.8, 4) is 0 Å². The Morgan fingerprint density at radius 2 is 2.17 bits per heavy atom. The number of fused-ring (bicyclic) bond motifs is 1. The Balaban J connectivity index is 1.41. The zero-order valence-electron chi connectivity index (χ0n) is 15.7. The predicted molar refractivity (Wildman–Crippen MR) is 98.1 cm³/mol. The Kier molecular flexibility index (Phi) is 4.95. The van der Waals surface area contributed by atoms with Gasteiger partial charge >= 0.3 is 0 Å². The molecule has 152 valence electrons. The number of amides is 2. The number of nitrogens with zero attached hydrogens (tertiary/aromatic N) is 6. The molecule has 1 N–H and O–H groups in total. The Hall–Kier alpha value is -3.37. The first-order valence-corrected chi connectivity index (χ1v) is 9.15. The van der Waals surface area contributed by atoms with Crippen molar-refractivity contribution in [2.75, 3.05) is 11.9 Å². The number of aromatic nitrogens is 5. The molecule has 0 unspecified atom stereocenters. The van der Waals surface area contributed by atoms with E-state index in [-0.39, 0.29) is 24.7 Å². The molecule has 29 heavy (non-hydrogen) atoms. The van der Waals surface area contributed by atoms with Crippen LogP contribution in [0.4, 0.5) is 14.6 Å². The van der Waals surface area contributed by atoms with Gasteiger partial charge in [-0.1, -0.05) is 0 Å². The molecule has 0 aromatic carbocycles. The molecule has 0 radical (unpaired) electrons. The highest BCUT2D eigenvalue weighted by atomic mass is 19.2. The van der Waals surface area contributed by atoms with Crippen LogP contribution in [0.15, 0.2) is 41.9 Å². The largest absolute Gasteiger partial charge is 0.337 e. The van der Waals surface area contributed by atoms with Gasteiger partial charge in [0.25, 0.3) is 11.8 Å². The molecule has 2 aromatic rings. The molecule has 0 saturated heterocycles. The summed E-state index contributed by atoms with van der Waals surface area (Å²) < 4.78 is 29.6. The Bertz CT molecular complexity index is 1020. The van der Waals surface area contributed by atoms with E-state index >= 15 is 0 Å². The van der Waals surface area contributed by atoms with E-state index in [0.717, 1.165) is 6.08 Å². The summed E-state index contributed by atoms with van der Waals surface area (Å²) in [6.07, 6.45) is 4.87. The number of aryl methyl sites for hydroxylation is 1. The molecule has 9 nitrogen and oxygen atoms in total. The van der Waals surface area contributed by atoms with Gasteiger partial charge in [0.1, 0.15) is 24.0 Å². The van der Waals surface area contributed by atoms with Gasteiger partial charge in [0.2, 0.25) is 5.82 Å². The zero-order valence-corrected chi connectivity index (χ0v) is 15.7. The normalized spacial score (nSPS) is 19.7. The van der Waals surface area contributed by atoms with E-state index in [2.05, 4.69) is 20.5 Å². The second-order valence-corrected chi connectivity index (χ2v) is 6.95. The number of carbonyl (C=O) groups excluding carboxylic acids is 2. The highest BCUT2D eigenvalue weighted by molar-refractivity contribution is 6.00. The van der Waals surface area contributed by atoms with Gasteiger partial charge in [-0.25, -0.2) is 23.1 Å². The molecular formula is C18H19F2N7O2. The van der Waals surface area contributed by atoms with Gasteiger partial charge < -0.3 is 5.32 Å². The minimum Gasteiger partial charge on any atom is -0.337 e. The first kappa shape index (κ1) is 19.0. The lowest BCUT2D eigenvalue weighted by molar-refractivity contribution is -0.120. The van der Waals surface area contributed by atoms with Gasteiger partial charge in [-0.2, -0.15) is 5.10 Å². The van der Waals surface area contributed by atoms with Gasteiger partial charge in [-0.15, -0.1) is 5.10 Å². The van der Waals surface area contributed by atoms with Crippen molar-refractivity contribution in [2.24, 2.45) is 0 Å². The molecule has 0 saturated carbocycles. The summed E-state index contributed by atoms with van der Waals surface area (Å²) in [4.78, 5) is 30.6. The lowest BCUT2D eigenvalue weighted by Gasteiger charge is -2.19. The standard InChI is InChI=1S/C18H19F2N7O2/c1-25-15-4-6-22-27(15)7-5-14(18(25)29)23-17(28)16-21-10-26(24-16)9-11-2-3-12(19)13(20)8-11/h4,6,8,10,14H,2-3,5,7,9H2,1H3,(H,23,28)/t14-/m0/s1. The summed E-state index contributed by atoms with van der Waals surface area (Å²) >= 11 is 0. The van der Waals surface area contributed by atoms with Crippen LogP contribution in [0.25, 0.3) is 0 Å². The van der Waals surface area contributed by atoms with Crippen molar-refractivity contribution in [1.82, 2.24) is 29.9 Å². The predicted octanol–water partition coefficient (Wildman–Crippen LogP) is 1.51. The second kappa shape index (κ2) is 7.57. The van der Waals surface area contributed by atoms with Gasteiger partial charge in [-0.05, 0) is 24.5 Å². The fourth-order valence-corrected chi connectivity index (χ4v) is 3.39. The number of anilines is 1. The van der Waals surface area contributed by atoms with Crippen LogP contribution in [0.5, 0.6) is 0 Å². The van der Waals surface area contributed by atoms with Gasteiger partial charge in [0, 0.05) is 26.1 Å². The van der Waals surface area contributed by atoms with E-state index in [1.807, 2.05) is 0 Å². The van der Waals surface area contributed by atoms with Crippen LogP contribution in [0, 0.1) is 0 Å². The van der Waals surface area contributed by atoms with Crippen LogP contribution in [0.1, 0.15) is 29.9 Å². The number of nitrogens with one attached hydrogen (secondary N) is 1.